The van der Waals surface area contributed by atoms with Gasteiger partial charge in [-0.15, -0.1) is 0 Å². The molecule has 0 bridgehead atoms. The fourth-order valence-electron chi connectivity index (χ4n) is 2.29. The lowest BCUT2D eigenvalue weighted by molar-refractivity contribution is 0.0773. The van der Waals surface area contributed by atoms with E-state index in [9.17, 15) is 4.79 Å². The minimum absolute atomic E-state index is 0.112. The van der Waals surface area contributed by atoms with Gasteiger partial charge in [0.1, 0.15) is 0 Å². The Morgan fingerprint density at radius 2 is 1.40 bits per heavy atom. The summed E-state index contributed by atoms with van der Waals surface area (Å²) in [4.78, 5) is 14.0. The first kappa shape index (κ1) is 14.3. The highest BCUT2D eigenvalue weighted by Gasteiger charge is 2.11. The van der Waals surface area contributed by atoms with Gasteiger partial charge in [-0.2, -0.15) is 0 Å². The molecule has 1 amide bonds. The van der Waals surface area contributed by atoms with Crippen molar-refractivity contribution in [1.82, 2.24) is 4.90 Å². The number of carbonyl (C=O) groups is 1. The Bertz CT molecular complexity index is 541. The smallest absolute Gasteiger partial charge is 0.253 e. The summed E-state index contributed by atoms with van der Waals surface area (Å²) in [5.41, 5.74) is 3.29. The van der Waals surface area contributed by atoms with Crippen LogP contribution in [0.2, 0.25) is 0 Å². The highest BCUT2D eigenvalue weighted by molar-refractivity contribution is 5.94. The van der Waals surface area contributed by atoms with Gasteiger partial charge in [-0.3, -0.25) is 4.79 Å². The first-order chi connectivity index (χ1) is 9.74. The average molecular weight is 267 g/mol. The molecule has 2 aromatic rings. The number of rotatable bonds is 5. The second-order valence-electron chi connectivity index (χ2n) is 4.84. The molecule has 0 saturated carbocycles. The van der Waals surface area contributed by atoms with Crippen LogP contribution in [0.3, 0.4) is 0 Å². The number of benzene rings is 2. The van der Waals surface area contributed by atoms with E-state index in [0.29, 0.717) is 0 Å². The molecule has 0 radical (unpaired) electrons. The Morgan fingerprint density at radius 1 is 0.850 bits per heavy atom. The van der Waals surface area contributed by atoms with Crippen LogP contribution in [0.1, 0.15) is 35.3 Å². The lowest BCUT2D eigenvalue weighted by Crippen LogP contribution is -2.30. The van der Waals surface area contributed by atoms with E-state index >= 15 is 0 Å². The molecule has 0 atom stereocenters. The van der Waals surface area contributed by atoms with Gasteiger partial charge in [-0.05, 0) is 43.5 Å². The van der Waals surface area contributed by atoms with E-state index in [1.165, 1.54) is 11.1 Å². The van der Waals surface area contributed by atoms with Crippen molar-refractivity contribution in [2.45, 2.75) is 20.3 Å². The summed E-state index contributed by atoms with van der Waals surface area (Å²) in [7, 11) is 0. The van der Waals surface area contributed by atoms with E-state index in [1.54, 1.807) is 0 Å². The summed E-state index contributed by atoms with van der Waals surface area (Å²) < 4.78 is 0. The topological polar surface area (TPSA) is 20.3 Å². The Balaban J connectivity index is 2.08. The Morgan fingerprint density at radius 3 is 1.95 bits per heavy atom. The van der Waals surface area contributed by atoms with E-state index in [0.717, 1.165) is 25.1 Å². The highest BCUT2D eigenvalue weighted by Crippen LogP contribution is 2.12. The summed E-state index contributed by atoms with van der Waals surface area (Å²) in [5.74, 6) is 0.112. The number of hydrogen-bond donors (Lipinski definition) is 0. The van der Waals surface area contributed by atoms with Gasteiger partial charge >= 0.3 is 0 Å². The average Bonchev–Trinajstić information content (AvgIpc) is 2.50. The third-order valence-electron chi connectivity index (χ3n) is 3.50. The highest BCUT2D eigenvalue weighted by atomic mass is 16.2. The monoisotopic (exact) mass is 267 g/mol. The molecular formula is C18H21NO. The lowest BCUT2D eigenvalue weighted by atomic mass is 10.0. The number of carbonyl (C=O) groups excluding carboxylic acids is 1. The van der Waals surface area contributed by atoms with E-state index < -0.39 is 0 Å². The molecule has 2 nitrogen and oxygen atoms in total. The molecule has 0 spiro atoms. The minimum Gasteiger partial charge on any atom is -0.339 e. The van der Waals surface area contributed by atoms with Gasteiger partial charge in [0.25, 0.3) is 5.91 Å². The number of hydrogen-bond acceptors (Lipinski definition) is 1. The fourth-order valence-corrected chi connectivity index (χ4v) is 2.29. The maximum atomic E-state index is 12.2. The Hall–Kier alpha value is -2.09. The zero-order chi connectivity index (χ0) is 14.4. The van der Waals surface area contributed by atoms with Crippen LogP contribution in [0.15, 0.2) is 54.6 Å². The van der Waals surface area contributed by atoms with Crippen LogP contribution in [0, 0.1) is 0 Å². The molecule has 0 unspecified atom stereocenters. The zero-order valence-electron chi connectivity index (χ0n) is 12.2. The molecule has 0 aliphatic heterocycles. The standard InChI is InChI=1S/C18H21NO/c1-3-19(4-2)18(20)17-12-10-16(11-13-17)14-15-8-6-5-7-9-15/h5-13H,3-4,14H2,1-2H3. The molecule has 0 heterocycles. The molecule has 0 aliphatic rings. The first-order valence-corrected chi connectivity index (χ1v) is 7.16. The van der Waals surface area contributed by atoms with Crippen LogP contribution >= 0.6 is 0 Å². The normalized spacial score (nSPS) is 10.3. The van der Waals surface area contributed by atoms with Crippen LogP contribution in [0.25, 0.3) is 0 Å². The summed E-state index contributed by atoms with van der Waals surface area (Å²) in [5, 5.41) is 0. The van der Waals surface area contributed by atoms with Crippen molar-refractivity contribution < 1.29 is 4.79 Å². The van der Waals surface area contributed by atoms with Crippen LogP contribution < -0.4 is 0 Å². The maximum Gasteiger partial charge on any atom is 0.253 e. The largest absolute Gasteiger partial charge is 0.339 e. The first-order valence-electron chi connectivity index (χ1n) is 7.16. The molecular weight excluding hydrogens is 246 g/mol. The van der Waals surface area contributed by atoms with Crippen LogP contribution in [0.4, 0.5) is 0 Å². The summed E-state index contributed by atoms with van der Waals surface area (Å²) >= 11 is 0. The Labute approximate surface area is 121 Å². The van der Waals surface area contributed by atoms with E-state index in [4.69, 9.17) is 0 Å². The second kappa shape index (κ2) is 6.90. The Kier molecular flexibility index (Phi) is 4.94. The van der Waals surface area contributed by atoms with Crippen LogP contribution in [0.5, 0.6) is 0 Å². The van der Waals surface area contributed by atoms with Crippen LogP contribution in [-0.4, -0.2) is 23.9 Å². The molecule has 0 N–H and O–H groups in total. The van der Waals surface area contributed by atoms with Gasteiger partial charge in [0.2, 0.25) is 0 Å². The van der Waals surface area contributed by atoms with Crippen molar-refractivity contribution in [2.24, 2.45) is 0 Å². The van der Waals surface area contributed by atoms with Crippen molar-refractivity contribution in [1.29, 1.82) is 0 Å². The van der Waals surface area contributed by atoms with E-state index in [1.807, 2.05) is 61.2 Å². The molecule has 0 fully saturated rings. The number of nitrogens with zero attached hydrogens (tertiary/aromatic N) is 1. The molecule has 2 aromatic carbocycles. The van der Waals surface area contributed by atoms with Gasteiger partial charge in [0.15, 0.2) is 0 Å². The zero-order valence-corrected chi connectivity index (χ0v) is 12.2. The quantitative estimate of drug-likeness (QED) is 0.807. The molecule has 2 rings (SSSR count). The van der Waals surface area contributed by atoms with E-state index in [2.05, 4.69) is 12.1 Å². The van der Waals surface area contributed by atoms with Crippen molar-refractivity contribution in [2.75, 3.05) is 13.1 Å². The van der Waals surface area contributed by atoms with Crippen LogP contribution in [-0.2, 0) is 6.42 Å². The number of amides is 1. The van der Waals surface area contributed by atoms with Gasteiger partial charge in [-0.25, -0.2) is 0 Å². The van der Waals surface area contributed by atoms with Crippen molar-refractivity contribution in [3.05, 3.63) is 71.3 Å². The third-order valence-corrected chi connectivity index (χ3v) is 3.50. The fraction of sp³-hybridized carbons (Fsp3) is 0.278. The van der Waals surface area contributed by atoms with Crippen molar-refractivity contribution >= 4 is 5.91 Å². The van der Waals surface area contributed by atoms with Crippen molar-refractivity contribution in [3.8, 4) is 0 Å². The molecule has 0 aliphatic carbocycles. The van der Waals surface area contributed by atoms with Gasteiger partial charge in [0.05, 0.1) is 0 Å². The molecule has 2 heteroatoms. The van der Waals surface area contributed by atoms with Crippen molar-refractivity contribution in [3.63, 3.8) is 0 Å². The molecule has 104 valence electrons. The molecule has 0 saturated heterocycles. The molecule has 0 aromatic heterocycles. The lowest BCUT2D eigenvalue weighted by Gasteiger charge is -2.18. The maximum absolute atomic E-state index is 12.2. The second-order valence-corrected chi connectivity index (χ2v) is 4.84. The van der Waals surface area contributed by atoms with Gasteiger partial charge in [0, 0.05) is 18.7 Å². The van der Waals surface area contributed by atoms with Gasteiger partial charge < -0.3 is 4.90 Å². The third kappa shape index (κ3) is 3.47. The summed E-state index contributed by atoms with van der Waals surface area (Å²) in [6.45, 7) is 5.51. The predicted octanol–water partition coefficient (Wildman–Crippen LogP) is 3.76. The molecule has 20 heavy (non-hydrogen) atoms. The summed E-state index contributed by atoms with van der Waals surface area (Å²) in [6.07, 6.45) is 0.903. The SMILES string of the molecule is CCN(CC)C(=O)c1ccc(Cc2ccccc2)cc1. The predicted molar refractivity (Wildman–Crippen MR) is 82.9 cm³/mol. The minimum atomic E-state index is 0.112. The summed E-state index contributed by atoms with van der Waals surface area (Å²) in [6, 6.07) is 18.3. The van der Waals surface area contributed by atoms with E-state index in [-0.39, 0.29) is 5.91 Å². The van der Waals surface area contributed by atoms with Gasteiger partial charge in [-0.1, -0.05) is 42.5 Å².